The van der Waals surface area contributed by atoms with E-state index in [1.54, 1.807) is 24.4 Å². The number of hydrogen-bond donors (Lipinski definition) is 0. The van der Waals surface area contributed by atoms with Gasteiger partial charge in [-0.15, -0.1) is 0 Å². The van der Waals surface area contributed by atoms with Crippen molar-refractivity contribution < 1.29 is 32.2 Å². The van der Waals surface area contributed by atoms with Gasteiger partial charge in [-0.2, -0.15) is 13.2 Å². The zero-order valence-corrected chi connectivity index (χ0v) is 17.0. The Hall–Kier alpha value is -3.89. The van der Waals surface area contributed by atoms with Crippen molar-refractivity contribution in [3.63, 3.8) is 0 Å². The summed E-state index contributed by atoms with van der Waals surface area (Å²) in [5, 5.41) is 0. The van der Waals surface area contributed by atoms with E-state index in [0.717, 1.165) is 0 Å². The van der Waals surface area contributed by atoms with E-state index in [4.69, 9.17) is 9.47 Å². The third-order valence-electron chi connectivity index (χ3n) is 4.70. The molecule has 8 nitrogen and oxygen atoms in total. The summed E-state index contributed by atoms with van der Waals surface area (Å²) in [4.78, 5) is 26.9. The van der Waals surface area contributed by atoms with Gasteiger partial charge < -0.3 is 19.1 Å². The van der Waals surface area contributed by atoms with E-state index in [-0.39, 0.29) is 18.3 Å². The molecule has 0 spiro atoms. The zero-order valence-electron chi connectivity index (χ0n) is 17.0. The van der Waals surface area contributed by atoms with Crippen molar-refractivity contribution in [1.82, 2.24) is 15.0 Å². The molecule has 3 aromatic rings. The lowest BCUT2D eigenvalue weighted by Crippen LogP contribution is -2.23. The van der Waals surface area contributed by atoms with Crippen LogP contribution in [0.4, 0.5) is 18.9 Å². The fourth-order valence-corrected chi connectivity index (χ4v) is 3.20. The van der Waals surface area contributed by atoms with Crippen LogP contribution >= 0.6 is 0 Å². The molecular formula is C21H17F3N4O4. The van der Waals surface area contributed by atoms with E-state index in [0.29, 0.717) is 39.8 Å². The Morgan fingerprint density at radius 2 is 1.88 bits per heavy atom. The number of carbonyl (C=O) groups is 1. The van der Waals surface area contributed by atoms with Crippen LogP contribution in [0.1, 0.15) is 16.1 Å². The van der Waals surface area contributed by atoms with E-state index in [2.05, 4.69) is 19.7 Å². The highest BCUT2D eigenvalue weighted by atomic mass is 19.4. The number of hydrogen-bond acceptors (Lipinski definition) is 7. The number of nitrogens with zero attached hydrogens (tertiary/aromatic N) is 4. The molecule has 0 radical (unpaired) electrons. The van der Waals surface area contributed by atoms with E-state index in [1.165, 1.54) is 37.4 Å². The van der Waals surface area contributed by atoms with Crippen LogP contribution in [0.5, 0.6) is 17.5 Å². The van der Waals surface area contributed by atoms with Gasteiger partial charge in [0.2, 0.25) is 5.88 Å². The number of methoxy groups -OCH3 is 2. The number of ether oxygens (including phenoxy) is 3. The maximum atomic E-state index is 12.8. The van der Waals surface area contributed by atoms with Gasteiger partial charge >= 0.3 is 6.18 Å². The number of rotatable bonds is 6. The Kier molecular flexibility index (Phi) is 5.56. The van der Waals surface area contributed by atoms with Gasteiger partial charge in [-0.05, 0) is 24.3 Å². The van der Waals surface area contributed by atoms with Crippen LogP contribution < -0.4 is 19.1 Å². The number of aromatic nitrogens is 3. The van der Waals surface area contributed by atoms with Crippen molar-refractivity contribution in [2.24, 2.45) is 0 Å². The monoisotopic (exact) mass is 446 g/mol. The van der Waals surface area contributed by atoms with Crippen LogP contribution in [0.3, 0.4) is 0 Å². The molecule has 0 aromatic carbocycles. The predicted molar refractivity (Wildman–Crippen MR) is 107 cm³/mol. The van der Waals surface area contributed by atoms with E-state index < -0.39 is 12.8 Å². The Labute approximate surface area is 180 Å². The summed E-state index contributed by atoms with van der Waals surface area (Å²) in [7, 11) is 2.99. The molecule has 0 bridgehead atoms. The lowest BCUT2D eigenvalue weighted by atomic mass is 10.1. The summed E-state index contributed by atoms with van der Waals surface area (Å²) >= 11 is 0. The van der Waals surface area contributed by atoms with Crippen molar-refractivity contribution in [3.05, 3.63) is 54.0 Å². The first-order valence-corrected chi connectivity index (χ1v) is 9.35. The molecule has 4 heterocycles. The number of pyridine rings is 3. The molecule has 0 unspecified atom stereocenters. The second kappa shape index (κ2) is 8.33. The van der Waals surface area contributed by atoms with E-state index >= 15 is 0 Å². The maximum absolute atomic E-state index is 12.8. The van der Waals surface area contributed by atoms with Crippen LogP contribution in [0.15, 0.2) is 42.7 Å². The average molecular weight is 446 g/mol. The lowest BCUT2D eigenvalue weighted by Gasteiger charge is -2.15. The lowest BCUT2D eigenvalue weighted by molar-refractivity contribution is -0.154. The maximum Gasteiger partial charge on any atom is 0.422 e. The van der Waals surface area contributed by atoms with Crippen LogP contribution in [-0.4, -0.2) is 47.9 Å². The summed E-state index contributed by atoms with van der Waals surface area (Å²) in [5.41, 5.74) is 2.69. The van der Waals surface area contributed by atoms with Gasteiger partial charge in [-0.1, -0.05) is 0 Å². The quantitative estimate of drug-likeness (QED) is 0.571. The summed E-state index contributed by atoms with van der Waals surface area (Å²) < 4.78 is 51.8. The SMILES string of the molecule is COc1cc(-c2ccc3c(n2)CN(c2ccc(OCC(F)(F)F)nc2)C3=O)cnc1OC. The largest absolute Gasteiger partial charge is 0.491 e. The molecule has 1 aliphatic rings. The van der Waals surface area contributed by atoms with Crippen LogP contribution in [-0.2, 0) is 6.54 Å². The van der Waals surface area contributed by atoms with Gasteiger partial charge in [-0.25, -0.2) is 9.97 Å². The summed E-state index contributed by atoms with van der Waals surface area (Å²) in [6.45, 7) is -1.25. The molecule has 0 saturated carbocycles. The molecule has 4 rings (SSSR count). The summed E-state index contributed by atoms with van der Waals surface area (Å²) in [6.07, 6.45) is -1.58. The van der Waals surface area contributed by atoms with E-state index in [9.17, 15) is 18.0 Å². The van der Waals surface area contributed by atoms with Gasteiger partial charge in [0, 0.05) is 17.8 Å². The minimum absolute atomic E-state index is 0.184. The first-order chi connectivity index (χ1) is 15.3. The molecule has 11 heteroatoms. The topological polar surface area (TPSA) is 86.7 Å². The molecular weight excluding hydrogens is 429 g/mol. The molecule has 1 aliphatic heterocycles. The zero-order chi connectivity index (χ0) is 22.9. The standard InChI is InChI=1S/C21H17F3N4O4/c1-30-17-7-12(8-26-19(17)31-2)15-5-4-14-16(27-15)10-28(20(14)29)13-3-6-18(25-9-13)32-11-21(22,23)24/h3-9H,10-11H2,1-2H3. The molecule has 32 heavy (non-hydrogen) atoms. The molecule has 0 aliphatic carbocycles. The van der Waals surface area contributed by atoms with Gasteiger partial charge in [-0.3, -0.25) is 9.78 Å². The number of fused-ring (bicyclic) bond motifs is 1. The third-order valence-corrected chi connectivity index (χ3v) is 4.70. The number of carbonyl (C=O) groups excluding carboxylic acids is 1. The molecule has 0 fully saturated rings. The highest BCUT2D eigenvalue weighted by Crippen LogP contribution is 2.32. The summed E-state index contributed by atoms with van der Waals surface area (Å²) in [5.74, 6) is 0.324. The minimum atomic E-state index is -4.46. The fraction of sp³-hybridized carbons (Fsp3) is 0.238. The van der Waals surface area contributed by atoms with Crippen molar-refractivity contribution in [3.8, 4) is 28.8 Å². The minimum Gasteiger partial charge on any atom is -0.491 e. The van der Waals surface area contributed by atoms with E-state index in [1.807, 2.05) is 0 Å². The molecule has 1 amide bonds. The Balaban J connectivity index is 1.54. The van der Waals surface area contributed by atoms with Crippen molar-refractivity contribution in [1.29, 1.82) is 0 Å². The van der Waals surface area contributed by atoms with Crippen molar-refractivity contribution in [2.75, 3.05) is 25.7 Å². The smallest absolute Gasteiger partial charge is 0.422 e. The first kappa shape index (κ1) is 21.3. The highest BCUT2D eigenvalue weighted by molar-refractivity contribution is 6.09. The number of halogens is 3. The van der Waals surface area contributed by atoms with Crippen molar-refractivity contribution >= 4 is 11.6 Å². The molecule has 0 N–H and O–H groups in total. The summed E-state index contributed by atoms with van der Waals surface area (Å²) in [6, 6.07) is 7.87. The van der Waals surface area contributed by atoms with Gasteiger partial charge in [0.05, 0.1) is 49.6 Å². The van der Waals surface area contributed by atoms with Gasteiger partial charge in [0.1, 0.15) is 0 Å². The van der Waals surface area contributed by atoms with Crippen LogP contribution in [0.2, 0.25) is 0 Å². The number of alkyl halides is 3. The number of anilines is 1. The molecule has 0 saturated heterocycles. The predicted octanol–water partition coefficient (Wildman–Crippen LogP) is 3.66. The second-order valence-corrected chi connectivity index (χ2v) is 6.78. The normalized spacial score (nSPS) is 13.2. The highest BCUT2D eigenvalue weighted by Gasteiger charge is 2.31. The number of amides is 1. The Morgan fingerprint density at radius 3 is 2.53 bits per heavy atom. The fourth-order valence-electron chi connectivity index (χ4n) is 3.20. The Morgan fingerprint density at radius 1 is 1.06 bits per heavy atom. The van der Waals surface area contributed by atoms with Gasteiger partial charge in [0.15, 0.2) is 12.4 Å². The van der Waals surface area contributed by atoms with Crippen molar-refractivity contribution in [2.45, 2.75) is 12.7 Å². The first-order valence-electron chi connectivity index (χ1n) is 9.35. The third kappa shape index (κ3) is 4.27. The molecule has 166 valence electrons. The van der Waals surface area contributed by atoms with Crippen LogP contribution in [0, 0.1) is 0 Å². The molecule has 0 atom stereocenters. The molecule has 3 aromatic heterocycles. The second-order valence-electron chi connectivity index (χ2n) is 6.78. The Bertz CT molecular complexity index is 1150. The van der Waals surface area contributed by atoms with Crippen LogP contribution in [0.25, 0.3) is 11.3 Å². The average Bonchev–Trinajstić information content (AvgIpc) is 3.12. The van der Waals surface area contributed by atoms with Gasteiger partial charge in [0.25, 0.3) is 11.8 Å².